The number of nitrogens with one attached hydrogen (secondary N) is 1. The Hall–Kier alpha value is -0.650. The standard InChI is InChI=1S/C14H27N3O2/c1-12(11-15)16-13(18)10-14(4-2-3-5-14)17-6-8-19-9-7-17/h12H,2-11,15H2,1H3,(H,16,18)/t12-/m0/s1. The van der Waals surface area contributed by atoms with E-state index in [-0.39, 0.29) is 17.5 Å². The average Bonchev–Trinajstić information content (AvgIpc) is 2.89. The number of nitrogens with zero attached hydrogens (tertiary/aromatic N) is 1. The highest BCUT2D eigenvalue weighted by Gasteiger charge is 2.41. The number of carbonyl (C=O) groups excluding carboxylic acids is 1. The summed E-state index contributed by atoms with van der Waals surface area (Å²) in [6.07, 6.45) is 5.35. The second-order valence-corrected chi connectivity index (χ2v) is 5.91. The van der Waals surface area contributed by atoms with Crippen molar-refractivity contribution >= 4 is 5.91 Å². The molecule has 0 bridgehead atoms. The fraction of sp³-hybridized carbons (Fsp3) is 0.929. The molecule has 1 heterocycles. The third kappa shape index (κ3) is 3.68. The maximum Gasteiger partial charge on any atom is 0.222 e. The quantitative estimate of drug-likeness (QED) is 0.762. The number of hydrogen-bond donors (Lipinski definition) is 2. The van der Waals surface area contributed by atoms with Gasteiger partial charge in [-0.2, -0.15) is 0 Å². The summed E-state index contributed by atoms with van der Waals surface area (Å²) >= 11 is 0. The molecule has 1 aliphatic heterocycles. The summed E-state index contributed by atoms with van der Waals surface area (Å²) in [6.45, 7) is 5.95. The highest BCUT2D eigenvalue weighted by atomic mass is 16.5. The summed E-state index contributed by atoms with van der Waals surface area (Å²) in [5.74, 6) is 0.145. The van der Waals surface area contributed by atoms with Crippen LogP contribution in [0.25, 0.3) is 0 Å². The number of carbonyl (C=O) groups is 1. The molecule has 5 heteroatoms. The highest BCUT2D eigenvalue weighted by molar-refractivity contribution is 5.77. The van der Waals surface area contributed by atoms with Crippen LogP contribution in [0.1, 0.15) is 39.0 Å². The first-order valence-electron chi connectivity index (χ1n) is 7.48. The van der Waals surface area contributed by atoms with Crippen LogP contribution >= 0.6 is 0 Å². The Labute approximate surface area is 115 Å². The Balaban J connectivity index is 1.96. The zero-order valence-corrected chi connectivity index (χ0v) is 12.0. The molecule has 0 aromatic heterocycles. The first-order valence-corrected chi connectivity index (χ1v) is 7.48. The predicted molar refractivity (Wildman–Crippen MR) is 74.9 cm³/mol. The van der Waals surface area contributed by atoms with Crippen LogP contribution in [-0.4, -0.2) is 55.2 Å². The minimum absolute atomic E-state index is 0.0654. The monoisotopic (exact) mass is 269 g/mol. The van der Waals surface area contributed by atoms with Gasteiger partial charge in [0.1, 0.15) is 0 Å². The molecule has 0 radical (unpaired) electrons. The van der Waals surface area contributed by atoms with Crippen molar-refractivity contribution < 1.29 is 9.53 Å². The largest absolute Gasteiger partial charge is 0.379 e. The van der Waals surface area contributed by atoms with Gasteiger partial charge in [0.2, 0.25) is 5.91 Å². The third-order valence-electron chi connectivity index (χ3n) is 4.47. The second-order valence-electron chi connectivity index (χ2n) is 5.91. The second kappa shape index (κ2) is 6.68. The van der Waals surface area contributed by atoms with Crippen molar-refractivity contribution in [3.8, 4) is 0 Å². The van der Waals surface area contributed by atoms with Gasteiger partial charge in [0.15, 0.2) is 0 Å². The lowest BCUT2D eigenvalue weighted by molar-refractivity contribution is -0.126. The van der Waals surface area contributed by atoms with Crippen LogP contribution in [0.2, 0.25) is 0 Å². The van der Waals surface area contributed by atoms with Gasteiger partial charge in [-0.25, -0.2) is 0 Å². The molecular formula is C14H27N3O2. The van der Waals surface area contributed by atoms with Crippen LogP contribution in [0.4, 0.5) is 0 Å². The van der Waals surface area contributed by atoms with E-state index in [9.17, 15) is 4.79 Å². The lowest BCUT2D eigenvalue weighted by Crippen LogP contribution is -2.54. The summed E-state index contributed by atoms with van der Waals surface area (Å²) < 4.78 is 5.43. The smallest absolute Gasteiger partial charge is 0.222 e. The van der Waals surface area contributed by atoms with Gasteiger partial charge in [-0.3, -0.25) is 9.69 Å². The van der Waals surface area contributed by atoms with Gasteiger partial charge >= 0.3 is 0 Å². The lowest BCUT2D eigenvalue weighted by atomic mass is 9.90. The van der Waals surface area contributed by atoms with Gasteiger partial charge in [-0.05, 0) is 19.8 Å². The maximum absolute atomic E-state index is 12.2. The summed E-state index contributed by atoms with van der Waals surface area (Å²) in [6, 6.07) is 0.0654. The van der Waals surface area contributed by atoms with Gasteiger partial charge in [0.05, 0.1) is 13.2 Å². The molecule has 110 valence electrons. The molecule has 1 aliphatic carbocycles. The molecule has 3 N–H and O–H groups in total. The molecule has 5 nitrogen and oxygen atoms in total. The number of morpholine rings is 1. The molecule has 0 aromatic carbocycles. The Bertz CT molecular complexity index is 297. The van der Waals surface area contributed by atoms with Crippen molar-refractivity contribution in [1.82, 2.24) is 10.2 Å². The normalized spacial score (nSPS) is 25.2. The van der Waals surface area contributed by atoms with Crippen LogP contribution in [0.5, 0.6) is 0 Å². The van der Waals surface area contributed by atoms with E-state index in [1.165, 1.54) is 12.8 Å². The number of rotatable bonds is 5. The van der Waals surface area contributed by atoms with E-state index in [0.29, 0.717) is 13.0 Å². The molecule has 0 spiro atoms. The summed E-state index contributed by atoms with van der Waals surface area (Å²) in [5.41, 5.74) is 5.63. The maximum atomic E-state index is 12.2. The molecule has 1 saturated heterocycles. The van der Waals surface area contributed by atoms with Crippen LogP contribution in [0.3, 0.4) is 0 Å². The molecule has 2 fully saturated rings. The van der Waals surface area contributed by atoms with Crippen molar-refractivity contribution in [2.24, 2.45) is 5.73 Å². The van der Waals surface area contributed by atoms with Crippen LogP contribution in [0.15, 0.2) is 0 Å². The SMILES string of the molecule is C[C@@H](CN)NC(=O)CC1(N2CCOCC2)CCCC1. The first kappa shape index (κ1) is 14.8. The van der Waals surface area contributed by atoms with E-state index in [0.717, 1.165) is 39.1 Å². The predicted octanol–water partition coefficient (Wildman–Crippen LogP) is 0.485. The molecule has 2 rings (SSSR count). The molecular weight excluding hydrogens is 242 g/mol. The zero-order valence-electron chi connectivity index (χ0n) is 12.0. The fourth-order valence-electron chi connectivity index (χ4n) is 3.36. The van der Waals surface area contributed by atoms with Crippen molar-refractivity contribution in [3.05, 3.63) is 0 Å². The van der Waals surface area contributed by atoms with Gasteiger partial charge in [0, 0.05) is 37.6 Å². The first-order chi connectivity index (χ1) is 9.16. The lowest BCUT2D eigenvalue weighted by Gasteiger charge is -2.43. The Morgan fingerprint density at radius 2 is 2.00 bits per heavy atom. The van der Waals surface area contributed by atoms with Gasteiger partial charge in [-0.15, -0.1) is 0 Å². The Kier molecular flexibility index (Phi) is 5.19. The Morgan fingerprint density at radius 1 is 1.37 bits per heavy atom. The molecule has 0 aromatic rings. The molecule has 1 atom stereocenters. The van der Waals surface area contributed by atoms with Crippen molar-refractivity contribution in [3.63, 3.8) is 0 Å². The summed E-state index contributed by atoms with van der Waals surface area (Å²) in [4.78, 5) is 14.7. The van der Waals surface area contributed by atoms with Crippen LogP contribution in [0, 0.1) is 0 Å². The molecule has 2 aliphatic rings. The van der Waals surface area contributed by atoms with Crippen LogP contribution in [-0.2, 0) is 9.53 Å². The van der Waals surface area contributed by atoms with Crippen molar-refractivity contribution in [2.75, 3.05) is 32.8 Å². The molecule has 0 unspecified atom stereocenters. The van der Waals surface area contributed by atoms with E-state index in [2.05, 4.69) is 10.2 Å². The third-order valence-corrected chi connectivity index (χ3v) is 4.47. The number of nitrogens with two attached hydrogens (primary N) is 1. The van der Waals surface area contributed by atoms with E-state index in [1.54, 1.807) is 0 Å². The van der Waals surface area contributed by atoms with E-state index in [4.69, 9.17) is 10.5 Å². The van der Waals surface area contributed by atoms with E-state index in [1.807, 2.05) is 6.92 Å². The zero-order chi connectivity index (χ0) is 13.7. The highest BCUT2D eigenvalue weighted by Crippen LogP contribution is 2.38. The van der Waals surface area contributed by atoms with Crippen molar-refractivity contribution in [2.45, 2.75) is 50.6 Å². The average molecular weight is 269 g/mol. The summed E-state index contributed by atoms with van der Waals surface area (Å²) in [5, 5.41) is 3.00. The minimum Gasteiger partial charge on any atom is -0.379 e. The van der Waals surface area contributed by atoms with Gasteiger partial charge in [0.25, 0.3) is 0 Å². The topological polar surface area (TPSA) is 67.6 Å². The van der Waals surface area contributed by atoms with E-state index >= 15 is 0 Å². The van der Waals surface area contributed by atoms with Gasteiger partial charge in [-0.1, -0.05) is 12.8 Å². The van der Waals surface area contributed by atoms with Crippen LogP contribution < -0.4 is 11.1 Å². The minimum atomic E-state index is 0.0654. The number of ether oxygens (including phenoxy) is 1. The number of amides is 1. The number of hydrogen-bond acceptors (Lipinski definition) is 4. The molecule has 1 amide bonds. The molecule has 1 saturated carbocycles. The van der Waals surface area contributed by atoms with Gasteiger partial charge < -0.3 is 15.8 Å². The Morgan fingerprint density at radius 3 is 2.58 bits per heavy atom. The van der Waals surface area contributed by atoms with E-state index < -0.39 is 0 Å². The summed E-state index contributed by atoms with van der Waals surface area (Å²) in [7, 11) is 0. The van der Waals surface area contributed by atoms with Crippen molar-refractivity contribution in [1.29, 1.82) is 0 Å². The fourth-order valence-corrected chi connectivity index (χ4v) is 3.36. The molecule has 19 heavy (non-hydrogen) atoms.